The van der Waals surface area contributed by atoms with Crippen molar-refractivity contribution in [2.45, 2.75) is 25.6 Å². The van der Waals surface area contributed by atoms with Crippen molar-refractivity contribution in [2.75, 3.05) is 24.5 Å². The van der Waals surface area contributed by atoms with Gasteiger partial charge >= 0.3 is 6.18 Å². The van der Waals surface area contributed by atoms with Crippen LogP contribution in [0, 0.1) is 0 Å². The van der Waals surface area contributed by atoms with Crippen LogP contribution < -0.4 is 10.2 Å². The number of halogens is 4. The molecular formula is C11H16ClF3N4. The van der Waals surface area contributed by atoms with E-state index >= 15 is 0 Å². The third-order valence-electron chi connectivity index (χ3n) is 2.82. The number of alkyl halides is 3. The summed E-state index contributed by atoms with van der Waals surface area (Å²) in [5, 5.41) is 3.32. The number of anilines is 1. The van der Waals surface area contributed by atoms with Crippen LogP contribution in [0.4, 0.5) is 19.1 Å². The highest BCUT2D eigenvalue weighted by Gasteiger charge is 2.32. The maximum absolute atomic E-state index is 12.4. The van der Waals surface area contributed by atoms with Crippen molar-refractivity contribution >= 4 is 18.4 Å². The monoisotopic (exact) mass is 296 g/mol. The number of nitrogens with zero attached hydrogens (tertiary/aromatic N) is 3. The van der Waals surface area contributed by atoms with E-state index in [0.717, 1.165) is 18.9 Å². The molecule has 0 unspecified atom stereocenters. The molecule has 1 aliphatic rings. The lowest BCUT2D eigenvalue weighted by Gasteiger charge is -2.39. The molecular weight excluding hydrogens is 281 g/mol. The Bertz CT molecular complexity index is 419. The van der Waals surface area contributed by atoms with Gasteiger partial charge in [-0.1, -0.05) is 0 Å². The smallest absolute Gasteiger partial charge is 0.338 e. The van der Waals surface area contributed by atoms with Crippen LogP contribution in [0.3, 0.4) is 0 Å². The summed E-state index contributed by atoms with van der Waals surface area (Å²) in [5.41, 5.74) is -0.912. The van der Waals surface area contributed by atoms with Gasteiger partial charge in [0.15, 0.2) is 0 Å². The minimum atomic E-state index is -4.39. The topological polar surface area (TPSA) is 41.1 Å². The van der Waals surface area contributed by atoms with E-state index in [4.69, 9.17) is 0 Å². The van der Waals surface area contributed by atoms with Crippen molar-refractivity contribution in [2.24, 2.45) is 0 Å². The third-order valence-corrected chi connectivity index (χ3v) is 2.82. The minimum Gasteiger partial charge on any atom is -0.338 e. The first-order chi connectivity index (χ1) is 8.28. The molecule has 2 rings (SSSR count). The van der Waals surface area contributed by atoms with Gasteiger partial charge in [0.2, 0.25) is 5.95 Å². The van der Waals surface area contributed by atoms with Gasteiger partial charge in [-0.15, -0.1) is 12.4 Å². The Morgan fingerprint density at radius 3 is 2.32 bits per heavy atom. The van der Waals surface area contributed by atoms with E-state index < -0.39 is 11.7 Å². The Morgan fingerprint density at radius 1 is 1.26 bits per heavy atom. The molecule has 0 atom stereocenters. The summed E-state index contributed by atoms with van der Waals surface area (Å²) in [6.45, 7) is 6.18. The molecule has 0 saturated carbocycles. The zero-order valence-electron chi connectivity index (χ0n) is 10.7. The minimum absolute atomic E-state index is 0. The molecule has 1 N–H and O–H groups in total. The molecule has 4 nitrogen and oxygen atoms in total. The van der Waals surface area contributed by atoms with E-state index in [1.807, 2.05) is 18.7 Å². The van der Waals surface area contributed by atoms with Crippen molar-refractivity contribution in [3.63, 3.8) is 0 Å². The molecule has 1 aliphatic heterocycles. The van der Waals surface area contributed by atoms with E-state index in [9.17, 15) is 13.2 Å². The van der Waals surface area contributed by atoms with Crippen LogP contribution >= 0.6 is 12.4 Å². The Kier molecular flexibility index (Phi) is 4.63. The first-order valence-corrected chi connectivity index (χ1v) is 5.67. The standard InChI is InChI=1S/C11H15F3N4.ClH/c1-10(2)7-18(4-3-17-10)9-15-5-8(6-16-9)11(12,13)14;/h5-6,17H,3-4,7H2,1-2H3;1H. The molecule has 0 spiro atoms. The van der Waals surface area contributed by atoms with Gasteiger partial charge in [-0.3, -0.25) is 0 Å². The zero-order chi connectivity index (χ0) is 13.4. The number of aromatic nitrogens is 2. The molecule has 8 heteroatoms. The Morgan fingerprint density at radius 2 is 1.84 bits per heavy atom. The predicted octanol–water partition coefficient (Wildman–Crippen LogP) is 2.11. The molecule has 0 radical (unpaired) electrons. The molecule has 1 aromatic rings. The molecule has 2 heterocycles. The van der Waals surface area contributed by atoms with Crippen molar-refractivity contribution in [1.29, 1.82) is 0 Å². The van der Waals surface area contributed by atoms with Crippen molar-refractivity contribution < 1.29 is 13.2 Å². The second-order valence-electron chi connectivity index (χ2n) is 5.00. The average molecular weight is 297 g/mol. The first kappa shape index (κ1) is 16.0. The van der Waals surface area contributed by atoms with Crippen LogP contribution in [0.15, 0.2) is 12.4 Å². The quantitative estimate of drug-likeness (QED) is 0.862. The van der Waals surface area contributed by atoms with Gasteiger partial charge in [-0.2, -0.15) is 13.2 Å². The fraction of sp³-hybridized carbons (Fsp3) is 0.636. The summed E-state index contributed by atoms with van der Waals surface area (Å²) in [7, 11) is 0. The van der Waals surface area contributed by atoms with Crippen molar-refractivity contribution in [1.82, 2.24) is 15.3 Å². The Labute approximate surface area is 115 Å². The summed E-state index contributed by atoms with van der Waals surface area (Å²) in [6, 6.07) is 0. The third kappa shape index (κ3) is 3.94. The lowest BCUT2D eigenvalue weighted by Crippen LogP contribution is -2.57. The molecule has 0 amide bonds. The number of hydrogen-bond acceptors (Lipinski definition) is 4. The average Bonchev–Trinajstić information content (AvgIpc) is 2.27. The molecule has 0 aromatic carbocycles. The normalized spacial score (nSPS) is 18.9. The predicted molar refractivity (Wildman–Crippen MR) is 68.6 cm³/mol. The van der Waals surface area contributed by atoms with Crippen molar-refractivity contribution in [3.05, 3.63) is 18.0 Å². The van der Waals surface area contributed by atoms with Crippen LogP contribution in [-0.4, -0.2) is 35.1 Å². The van der Waals surface area contributed by atoms with Crippen molar-refractivity contribution in [3.8, 4) is 0 Å². The van der Waals surface area contributed by atoms with E-state index in [0.29, 0.717) is 19.0 Å². The van der Waals surface area contributed by atoms with Crippen LogP contribution in [0.5, 0.6) is 0 Å². The lowest BCUT2D eigenvalue weighted by atomic mass is 10.0. The fourth-order valence-corrected chi connectivity index (χ4v) is 1.94. The number of nitrogens with one attached hydrogen (secondary N) is 1. The first-order valence-electron chi connectivity index (χ1n) is 5.67. The van der Waals surface area contributed by atoms with Gasteiger partial charge in [-0.25, -0.2) is 9.97 Å². The van der Waals surface area contributed by atoms with Gasteiger partial charge in [-0.05, 0) is 13.8 Å². The summed E-state index contributed by atoms with van der Waals surface area (Å²) >= 11 is 0. The maximum Gasteiger partial charge on any atom is 0.419 e. The highest BCUT2D eigenvalue weighted by molar-refractivity contribution is 5.85. The van der Waals surface area contributed by atoms with E-state index in [1.165, 1.54) is 0 Å². The summed E-state index contributed by atoms with van der Waals surface area (Å²) in [4.78, 5) is 9.49. The number of rotatable bonds is 1. The van der Waals surface area contributed by atoms with Crippen LogP contribution in [-0.2, 0) is 6.18 Å². The molecule has 1 saturated heterocycles. The van der Waals surface area contributed by atoms with Crippen LogP contribution in [0.1, 0.15) is 19.4 Å². The molecule has 19 heavy (non-hydrogen) atoms. The lowest BCUT2D eigenvalue weighted by molar-refractivity contribution is -0.138. The molecule has 1 aromatic heterocycles. The van der Waals surface area contributed by atoms with E-state index in [1.54, 1.807) is 0 Å². The SMILES string of the molecule is CC1(C)CN(c2ncc(C(F)(F)F)cn2)CCN1.Cl. The molecule has 0 aliphatic carbocycles. The van der Waals surface area contributed by atoms with Crippen LogP contribution in [0.25, 0.3) is 0 Å². The molecule has 1 fully saturated rings. The van der Waals surface area contributed by atoms with E-state index in [-0.39, 0.29) is 17.9 Å². The van der Waals surface area contributed by atoms with Gasteiger partial charge in [0.25, 0.3) is 0 Å². The van der Waals surface area contributed by atoms with Gasteiger partial charge in [0.05, 0.1) is 5.56 Å². The van der Waals surface area contributed by atoms with E-state index in [2.05, 4.69) is 15.3 Å². The summed E-state index contributed by atoms with van der Waals surface area (Å²) in [6.07, 6.45) is -2.73. The highest BCUT2D eigenvalue weighted by atomic mass is 35.5. The Hall–Kier alpha value is -1.08. The van der Waals surface area contributed by atoms with Gasteiger partial charge < -0.3 is 10.2 Å². The largest absolute Gasteiger partial charge is 0.419 e. The Balaban J connectivity index is 0.00000180. The maximum atomic E-state index is 12.4. The summed E-state index contributed by atoms with van der Waals surface area (Å²) < 4.78 is 37.1. The second kappa shape index (κ2) is 5.50. The zero-order valence-corrected chi connectivity index (χ0v) is 11.5. The highest BCUT2D eigenvalue weighted by Crippen LogP contribution is 2.28. The van der Waals surface area contributed by atoms with Crippen LogP contribution in [0.2, 0.25) is 0 Å². The number of hydrogen-bond donors (Lipinski definition) is 1. The summed E-state index contributed by atoms with van der Waals surface area (Å²) in [5.74, 6) is 0.345. The number of piperazine rings is 1. The second-order valence-corrected chi connectivity index (χ2v) is 5.00. The van der Waals surface area contributed by atoms with Gasteiger partial charge in [0.1, 0.15) is 0 Å². The molecule has 0 bridgehead atoms. The fourth-order valence-electron chi connectivity index (χ4n) is 1.94. The molecule has 108 valence electrons. The van der Waals surface area contributed by atoms with Gasteiger partial charge in [0, 0.05) is 37.6 Å².